The first kappa shape index (κ1) is 12.0. The molecule has 17 heavy (non-hydrogen) atoms. The second-order valence-electron chi connectivity index (χ2n) is 4.47. The summed E-state index contributed by atoms with van der Waals surface area (Å²) >= 11 is 0. The zero-order valence-electron chi connectivity index (χ0n) is 10.7. The standard InChI is InChI=1S/C12H20N4O/c1-8-11(9(2)17-16-8)6-7-14-12(13-3)15-10-4-5-10/h10H,4-7H2,1-3H3,(H2,13,14,15). The lowest BCUT2D eigenvalue weighted by Crippen LogP contribution is -2.39. The lowest BCUT2D eigenvalue weighted by atomic mass is 10.1. The number of aryl methyl sites for hydroxylation is 2. The number of nitrogens with zero attached hydrogens (tertiary/aromatic N) is 2. The summed E-state index contributed by atoms with van der Waals surface area (Å²) in [7, 11) is 1.80. The molecule has 5 heteroatoms. The number of hydrogen-bond donors (Lipinski definition) is 2. The maximum atomic E-state index is 5.13. The van der Waals surface area contributed by atoms with Gasteiger partial charge in [0, 0.05) is 25.2 Å². The van der Waals surface area contributed by atoms with E-state index in [1.54, 1.807) is 7.05 Å². The zero-order chi connectivity index (χ0) is 12.3. The van der Waals surface area contributed by atoms with Gasteiger partial charge in [0.05, 0.1) is 5.69 Å². The van der Waals surface area contributed by atoms with Crippen LogP contribution in [0.15, 0.2) is 9.52 Å². The molecule has 0 saturated heterocycles. The Morgan fingerprint density at radius 2 is 2.24 bits per heavy atom. The molecule has 1 saturated carbocycles. The van der Waals surface area contributed by atoms with Crippen LogP contribution in [-0.2, 0) is 6.42 Å². The Labute approximate surface area is 102 Å². The van der Waals surface area contributed by atoms with Gasteiger partial charge in [-0.25, -0.2) is 0 Å². The summed E-state index contributed by atoms with van der Waals surface area (Å²) in [6, 6.07) is 0.625. The minimum absolute atomic E-state index is 0.625. The van der Waals surface area contributed by atoms with Crippen molar-refractivity contribution < 1.29 is 4.52 Å². The highest BCUT2D eigenvalue weighted by molar-refractivity contribution is 5.80. The molecule has 0 spiro atoms. The fraction of sp³-hybridized carbons (Fsp3) is 0.667. The number of aliphatic imine (C=N–C) groups is 1. The molecule has 0 radical (unpaired) electrons. The largest absolute Gasteiger partial charge is 0.361 e. The molecule has 0 amide bonds. The first-order chi connectivity index (χ1) is 8.20. The smallest absolute Gasteiger partial charge is 0.191 e. The zero-order valence-corrected chi connectivity index (χ0v) is 10.7. The van der Waals surface area contributed by atoms with Crippen LogP contribution in [-0.4, -0.2) is 30.8 Å². The van der Waals surface area contributed by atoms with Gasteiger partial charge < -0.3 is 15.2 Å². The minimum Gasteiger partial charge on any atom is -0.361 e. The normalized spacial score (nSPS) is 16.1. The van der Waals surface area contributed by atoms with Gasteiger partial charge >= 0.3 is 0 Å². The maximum Gasteiger partial charge on any atom is 0.191 e. The van der Waals surface area contributed by atoms with Crippen molar-refractivity contribution in [1.29, 1.82) is 0 Å². The number of hydrogen-bond acceptors (Lipinski definition) is 3. The molecule has 5 nitrogen and oxygen atoms in total. The second-order valence-corrected chi connectivity index (χ2v) is 4.47. The van der Waals surface area contributed by atoms with Gasteiger partial charge in [0.2, 0.25) is 0 Å². The molecule has 2 rings (SSSR count). The fourth-order valence-corrected chi connectivity index (χ4v) is 1.78. The summed E-state index contributed by atoms with van der Waals surface area (Å²) in [4.78, 5) is 4.19. The molecule has 1 aliphatic carbocycles. The molecule has 1 aliphatic rings. The monoisotopic (exact) mass is 236 g/mol. The van der Waals surface area contributed by atoms with E-state index in [4.69, 9.17) is 4.52 Å². The van der Waals surface area contributed by atoms with Crippen LogP contribution in [0.1, 0.15) is 29.9 Å². The molecular formula is C12H20N4O. The molecule has 1 aromatic heterocycles. The molecule has 0 unspecified atom stereocenters. The average Bonchev–Trinajstić information content (AvgIpc) is 3.08. The molecule has 1 fully saturated rings. The topological polar surface area (TPSA) is 62.5 Å². The van der Waals surface area contributed by atoms with E-state index in [0.29, 0.717) is 6.04 Å². The van der Waals surface area contributed by atoms with Gasteiger partial charge in [-0.1, -0.05) is 5.16 Å². The molecule has 0 aliphatic heterocycles. The maximum absolute atomic E-state index is 5.13. The minimum atomic E-state index is 0.625. The molecule has 0 atom stereocenters. The van der Waals surface area contributed by atoms with Crippen molar-refractivity contribution in [3.8, 4) is 0 Å². The summed E-state index contributed by atoms with van der Waals surface area (Å²) < 4.78 is 5.13. The SMILES string of the molecule is CN=C(NCCc1c(C)noc1C)NC1CC1. The van der Waals surface area contributed by atoms with Gasteiger partial charge in [-0.05, 0) is 33.1 Å². The second kappa shape index (κ2) is 5.21. The van der Waals surface area contributed by atoms with Crippen molar-refractivity contribution in [3.05, 3.63) is 17.0 Å². The first-order valence-corrected chi connectivity index (χ1v) is 6.09. The van der Waals surface area contributed by atoms with E-state index in [1.807, 2.05) is 13.8 Å². The Morgan fingerprint density at radius 3 is 2.76 bits per heavy atom. The van der Waals surface area contributed by atoms with Gasteiger partial charge in [0.25, 0.3) is 0 Å². The Bertz CT molecular complexity index is 387. The average molecular weight is 236 g/mol. The van der Waals surface area contributed by atoms with Crippen molar-refractivity contribution in [2.45, 2.75) is 39.2 Å². The third-order valence-corrected chi connectivity index (χ3v) is 2.99. The fourth-order valence-electron chi connectivity index (χ4n) is 1.78. The lowest BCUT2D eigenvalue weighted by Gasteiger charge is -2.10. The Kier molecular flexibility index (Phi) is 3.66. The van der Waals surface area contributed by atoms with Crippen LogP contribution in [0.5, 0.6) is 0 Å². The van der Waals surface area contributed by atoms with Crippen molar-refractivity contribution in [3.63, 3.8) is 0 Å². The highest BCUT2D eigenvalue weighted by atomic mass is 16.5. The van der Waals surface area contributed by atoms with Crippen LogP contribution in [0.4, 0.5) is 0 Å². The summed E-state index contributed by atoms with van der Waals surface area (Å²) in [6.07, 6.45) is 3.42. The van der Waals surface area contributed by atoms with E-state index in [-0.39, 0.29) is 0 Å². The molecule has 94 valence electrons. The van der Waals surface area contributed by atoms with E-state index in [0.717, 1.165) is 30.4 Å². The van der Waals surface area contributed by atoms with Crippen LogP contribution in [0, 0.1) is 13.8 Å². The number of nitrogens with one attached hydrogen (secondary N) is 2. The van der Waals surface area contributed by atoms with Gasteiger partial charge in [0.15, 0.2) is 5.96 Å². The molecule has 1 aromatic rings. The van der Waals surface area contributed by atoms with Crippen LogP contribution in [0.3, 0.4) is 0 Å². The van der Waals surface area contributed by atoms with E-state index >= 15 is 0 Å². The van der Waals surface area contributed by atoms with Crippen LogP contribution in [0.2, 0.25) is 0 Å². The third-order valence-electron chi connectivity index (χ3n) is 2.99. The first-order valence-electron chi connectivity index (χ1n) is 6.09. The summed E-state index contributed by atoms with van der Waals surface area (Å²) in [6.45, 7) is 4.77. The van der Waals surface area contributed by atoms with Gasteiger partial charge in [-0.2, -0.15) is 0 Å². The Hall–Kier alpha value is -1.52. The molecule has 1 heterocycles. The van der Waals surface area contributed by atoms with E-state index in [2.05, 4.69) is 20.8 Å². The van der Waals surface area contributed by atoms with Crippen molar-refractivity contribution in [2.24, 2.45) is 4.99 Å². The summed E-state index contributed by atoms with van der Waals surface area (Å²) in [5.41, 5.74) is 2.17. The molecule has 0 aromatic carbocycles. The Balaban J connectivity index is 1.78. The number of guanidine groups is 1. The summed E-state index contributed by atoms with van der Waals surface area (Å²) in [5.74, 6) is 1.80. The molecule has 2 N–H and O–H groups in total. The van der Waals surface area contributed by atoms with Crippen molar-refractivity contribution in [2.75, 3.05) is 13.6 Å². The van der Waals surface area contributed by atoms with E-state index < -0.39 is 0 Å². The van der Waals surface area contributed by atoms with Crippen molar-refractivity contribution in [1.82, 2.24) is 15.8 Å². The van der Waals surface area contributed by atoms with Gasteiger partial charge in [-0.3, -0.25) is 4.99 Å². The van der Waals surface area contributed by atoms with E-state index in [9.17, 15) is 0 Å². The van der Waals surface area contributed by atoms with Crippen LogP contribution < -0.4 is 10.6 Å². The molecular weight excluding hydrogens is 216 g/mol. The van der Waals surface area contributed by atoms with E-state index in [1.165, 1.54) is 18.4 Å². The summed E-state index contributed by atoms with van der Waals surface area (Å²) in [5, 5.41) is 10.6. The predicted molar refractivity (Wildman–Crippen MR) is 67.2 cm³/mol. The Morgan fingerprint density at radius 1 is 1.47 bits per heavy atom. The third kappa shape index (κ3) is 3.22. The van der Waals surface area contributed by atoms with Gasteiger partial charge in [0.1, 0.15) is 5.76 Å². The quantitative estimate of drug-likeness (QED) is 0.608. The molecule has 0 bridgehead atoms. The highest BCUT2D eigenvalue weighted by Crippen LogP contribution is 2.18. The number of rotatable bonds is 4. The highest BCUT2D eigenvalue weighted by Gasteiger charge is 2.22. The van der Waals surface area contributed by atoms with Crippen LogP contribution in [0.25, 0.3) is 0 Å². The van der Waals surface area contributed by atoms with Crippen molar-refractivity contribution >= 4 is 5.96 Å². The van der Waals surface area contributed by atoms with Crippen LogP contribution >= 0.6 is 0 Å². The number of aromatic nitrogens is 1. The lowest BCUT2D eigenvalue weighted by molar-refractivity contribution is 0.392. The van der Waals surface area contributed by atoms with Gasteiger partial charge in [-0.15, -0.1) is 0 Å². The predicted octanol–water partition coefficient (Wildman–Crippen LogP) is 1.16.